The number of rotatable bonds is 5. The monoisotopic (exact) mass is 313 g/mol. The average molecular weight is 314 g/mol. The molecule has 0 fully saturated rings. The van der Waals surface area contributed by atoms with Crippen LogP contribution in [0.2, 0.25) is 5.02 Å². The van der Waals surface area contributed by atoms with Gasteiger partial charge in [0.05, 0.1) is 5.02 Å². The SMILES string of the molecule is CN(Cc1ccsc1)C(=O)COc1ccc(F)c(Cl)c1. The number of carbonyl (C=O) groups is 1. The average Bonchev–Trinajstić information content (AvgIpc) is 2.92. The lowest BCUT2D eigenvalue weighted by Crippen LogP contribution is -2.30. The first-order valence-electron chi connectivity index (χ1n) is 5.89. The van der Waals surface area contributed by atoms with Gasteiger partial charge in [-0.3, -0.25) is 4.79 Å². The van der Waals surface area contributed by atoms with E-state index in [1.54, 1.807) is 23.3 Å². The Kier molecular flexibility index (Phi) is 4.98. The number of nitrogens with zero attached hydrogens (tertiary/aromatic N) is 1. The summed E-state index contributed by atoms with van der Waals surface area (Å²) in [7, 11) is 1.71. The van der Waals surface area contributed by atoms with Gasteiger partial charge in [0.2, 0.25) is 0 Å². The number of likely N-dealkylation sites (N-methyl/N-ethyl adjacent to an activating group) is 1. The molecular formula is C14H13ClFNO2S. The molecule has 0 unspecified atom stereocenters. The zero-order valence-corrected chi connectivity index (χ0v) is 12.4. The minimum absolute atomic E-state index is 0.0263. The van der Waals surface area contributed by atoms with Crippen LogP contribution >= 0.6 is 22.9 Å². The van der Waals surface area contributed by atoms with Crippen LogP contribution in [-0.2, 0) is 11.3 Å². The quantitative estimate of drug-likeness (QED) is 0.844. The van der Waals surface area contributed by atoms with E-state index >= 15 is 0 Å². The molecule has 0 saturated heterocycles. The highest BCUT2D eigenvalue weighted by Crippen LogP contribution is 2.21. The van der Waals surface area contributed by atoms with Crippen molar-refractivity contribution in [2.24, 2.45) is 0 Å². The molecule has 0 aliphatic heterocycles. The van der Waals surface area contributed by atoms with Crippen LogP contribution in [0, 0.1) is 5.82 Å². The van der Waals surface area contributed by atoms with Gasteiger partial charge in [-0.15, -0.1) is 0 Å². The Balaban J connectivity index is 1.86. The summed E-state index contributed by atoms with van der Waals surface area (Å²) in [5, 5.41) is 3.93. The van der Waals surface area contributed by atoms with Gasteiger partial charge < -0.3 is 9.64 Å². The Morgan fingerprint density at radius 1 is 1.45 bits per heavy atom. The molecule has 2 rings (SSSR count). The topological polar surface area (TPSA) is 29.5 Å². The van der Waals surface area contributed by atoms with E-state index in [1.165, 1.54) is 18.2 Å². The predicted octanol–water partition coefficient (Wildman–Crippen LogP) is 3.58. The molecule has 1 heterocycles. The number of halogens is 2. The molecule has 2 aromatic rings. The fraction of sp³-hybridized carbons (Fsp3) is 0.214. The van der Waals surface area contributed by atoms with Gasteiger partial charge in [0.1, 0.15) is 11.6 Å². The van der Waals surface area contributed by atoms with Crippen molar-refractivity contribution in [2.75, 3.05) is 13.7 Å². The highest BCUT2D eigenvalue weighted by molar-refractivity contribution is 7.07. The van der Waals surface area contributed by atoms with Gasteiger partial charge in [0, 0.05) is 19.7 Å². The number of hydrogen-bond donors (Lipinski definition) is 0. The second-order valence-corrected chi connectivity index (χ2v) is 5.43. The summed E-state index contributed by atoms with van der Waals surface area (Å²) < 4.78 is 18.3. The Labute approximate surface area is 125 Å². The normalized spacial score (nSPS) is 10.3. The molecule has 0 bridgehead atoms. The molecule has 1 amide bonds. The maximum Gasteiger partial charge on any atom is 0.260 e. The number of hydrogen-bond acceptors (Lipinski definition) is 3. The third-order valence-corrected chi connectivity index (χ3v) is 3.70. The van der Waals surface area contributed by atoms with Crippen molar-refractivity contribution < 1.29 is 13.9 Å². The summed E-state index contributed by atoms with van der Waals surface area (Å²) in [5.41, 5.74) is 1.08. The number of thiophene rings is 1. The summed E-state index contributed by atoms with van der Waals surface area (Å²) in [6, 6.07) is 5.96. The molecule has 0 radical (unpaired) electrons. The summed E-state index contributed by atoms with van der Waals surface area (Å²) in [6.07, 6.45) is 0. The maximum absolute atomic E-state index is 13.0. The molecule has 106 valence electrons. The second-order valence-electron chi connectivity index (χ2n) is 4.25. The number of amides is 1. The summed E-state index contributed by atoms with van der Waals surface area (Å²) in [4.78, 5) is 13.5. The van der Waals surface area contributed by atoms with Gasteiger partial charge in [0.15, 0.2) is 6.61 Å². The van der Waals surface area contributed by atoms with Crippen molar-refractivity contribution in [3.05, 3.63) is 51.4 Å². The third-order valence-electron chi connectivity index (χ3n) is 2.68. The number of benzene rings is 1. The molecule has 0 aliphatic rings. The molecule has 0 aliphatic carbocycles. The van der Waals surface area contributed by atoms with Gasteiger partial charge in [-0.05, 0) is 34.5 Å². The molecular weight excluding hydrogens is 301 g/mol. The number of carbonyl (C=O) groups excluding carboxylic acids is 1. The van der Waals surface area contributed by atoms with Crippen LogP contribution in [0.15, 0.2) is 35.0 Å². The van der Waals surface area contributed by atoms with Gasteiger partial charge >= 0.3 is 0 Å². The minimum atomic E-state index is -0.514. The van der Waals surface area contributed by atoms with Crippen molar-refractivity contribution in [1.82, 2.24) is 4.90 Å². The highest BCUT2D eigenvalue weighted by atomic mass is 35.5. The Morgan fingerprint density at radius 3 is 2.90 bits per heavy atom. The summed E-state index contributed by atoms with van der Waals surface area (Å²) >= 11 is 7.22. The Bertz CT molecular complexity index is 589. The molecule has 3 nitrogen and oxygen atoms in total. The van der Waals surface area contributed by atoms with Gasteiger partial charge in [-0.25, -0.2) is 4.39 Å². The minimum Gasteiger partial charge on any atom is -0.484 e. The van der Waals surface area contributed by atoms with Crippen LogP contribution in [0.3, 0.4) is 0 Å². The number of ether oxygens (including phenoxy) is 1. The molecule has 1 aromatic heterocycles. The van der Waals surface area contributed by atoms with E-state index in [-0.39, 0.29) is 17.5 Å². The maximum atomic E-state index is 13.0. The largest absolute Gasteiger partial charge is 0.484 e. The molecule has 0 atom stereocenters. The van der Waals surface area contributed by atoms with Crippen LogP contribution < -0.4 is 4.74 Å². The molecule has 6 heteroatoms. The fourth-order valence-corrected chi connectivity index (χ4v) is 2.40. The van der Waals surface area contributed by atoms with Crippen LogP contribution in [0.1, 0.15) is 5.56 Å². The van der Waals surface area contributed by atoms with Crippen molar-refractivity contribution in [3.8, 4) is 5.75 Å². The van der Waals surface area contributed by atoms with Crippen LogP contribution in [0.25, 0.3) is 0 Å². The van der Waals surface area contributed by atoms with E-state index in [1.807, 2.05) is 16.8 Å². The van der Waals surface area contributed by atoms with E-state index < -0.39 is 5.82 Å². The lowest BCUT2D eigenvalue weighted by atomic mass is 10.3. The van der Waals surface area contributed by atoms with E-state index in [4.69, 9.17) is 16.3 Å². The van der Waals surface area contributed by atoms with Crippen LogP contribution in [0.5, 0.6) is 5.75 Å². The molecule has 0 spiro atoms. The third kappa shape index (κ3) is 3.95. The Morgan fingerprint density at radius 2 is 2.25 bits per heavy atom. The standard InChI is InChI=1S/C14H13ClFNO2S/c1-17(7-10-4-5-20-9-10)14(18)8-19-11-2-3-13(16)12(15)6-11/h2-6,9H,7-8H2,1H3. The predicted molar refractivity (Wildman–Crippen MR) is 77.7 cm³/mol. The van der Waals surface area contributed by atoms with E-state index in [0.29, 0.717) is 12.3 Å². The molecule has 0 saturated carbocycles. The zero-order chi connectivity index (χ0) is 14.5. The van der Waals surface area contributed by atoms with Gasteiger partial charge in [0.25, 0.3) is 5.91 Å². The fourth-order valence-electron chi connectivity index (χ4n) is 1.57. The highest BCUT2D eigenvalue weighted by Gasteiger charge is 2.11. The molecule has 1 aromatic carbocycles. The van der Waals surface area contributed by atoms with Gasteiger partial charge in [-0.2, -0.15) is 11.3 Å². The lowest BCUT2D eigenvalue weighted by Gasteiger charge is -2.16. The first kappa shape index (κ1) is 14.8. The van der Waals surface area contributed by atoms with Crippen LogP contribution in [-0.4, -0.2) is 24.5 Å². The first-order valence-corrected chi connectivity index (χ1v) is 7.21. The van der Waals surface area contributed by atoms with E-state index in [0.717, 1.165) is 5.56 Å². The van der Waals surface area contributed by atoms with Gasteiger partial charge in [-0.1, -0.05) is 11.6 Å². The lowest BCUT2D eigenvalue weighted by molar-refractivity contribution is -0.132. The summed E-state index contributed by atoms with van der Waals surface area (Å²) in [6.45, 7) is 0.429. The zero-order valence-electron chi connectivity index (χ0n) is 10.8. The first-order chi connectivity index (χ1) is 9.56. The van der Waals surface area contributed by atoms with Crippen molar-refractivity contribution in [1.29, 1.82) is 0 Å². The Hall–Kier alpha value is -1.59. The second kappa shape index (κ2) is 6.72. The molecule has 20 heavy (non-hydrogen) atoms. The summed E-state index contributed by atoms with van der Waals surface area (Å²) in [5.74, 6) is -0.301. The van der Waals surface area contributed by atoms with E-state index in [2.05, 4.69) is 0 Å². The molecule has 0 N–H and O–H groups in total. The van der Waals surface area contributed by atoms with Crippen molar-refractivity contribution in [2.45, 2.75) is 6.54 Å². The smallest absolute Gasteiger partial charge is 0.260 e. The van der Waals surface area contributed by atoms with E-state index in [9.17, 15) is 9.18 Å². The van der Waals surface area contributed by atoms with Crippen molar-refractivity contribution >= 4 is 28.8 Å². The van der Waals surface area contributed by atoms with Crippen molar-refractivity contribution in [3.63, 3.8) is 0 Å². The van der Waals surface area contributed by atoms with Crippen LogP contribution in [0.4, 0.5) is 4.39 Å².